The summed E-state index contributed by atoms with van der Waals surface area (Å²) in [5.74, 6) is 1.07. The van der Waals surface area contributed by atoms with E-state index in [0.29, 0.717) is 0 Å². The van der Waals surface area contributed by atoms with Crippen LogP contribution in [0.25, 0.3) is 0 Å². The van der Waals surface area contributed by atoms with Crippen LogP contribution in [-0.4, -0.2) is 43.2 Å². The first kappa shape index (κ1) is 14.3. The Morgan fingerprint density at radius 2 is 1.95 bits per heavy atom. The van der Waals surface area contributed by atoms with Crippen LogP contribution < -0.4 is 15.1 Å². The largest absolute Gasteiger partial charge is 0.353 e. The van der Waals surface area contributed by atoms with Gasteiger partial charge in [-0.2, -0.15) is 0 Å². The average Bonchev–Trinajstić information content (AvgIpc) is 2.90. The number of thiazole rings is 1. The normalized spacial score (nSPS) is 15.5. The predicted octanol–water partition coefficient (Wildman–Crippen LogP) is 1.89. The minimum Gasteiger partial charge on any atom is -0.353 e. The molecule has 0 aliphatic carbocycles. The number of piperazine rings is 1. The quantitative estimate of drug-likeness (QED) is 0.934. The van der Waals surface area contributed by atoms with Gasteiger partial charge in [0.2, 0.25) is 0 Å². The fraction of sp³-hybridized carbons (Fsp3) is 0.467. The molecule has 2 aromatic rings. The van der Waals surface area contributed by atoms with Crippen molar-refractivity contribution in [1.82, 2.24) is 15.3 Å². The molecule has 0 unspecified atom stereocenters. The van der Waals surface area contributed by atoms with E-state index in [0.717, 1.165) is 49.4 Å². The molecule has 3 rings (SSSR count). The van der Waals surface area contributed by atoms with Gasteiger partial charge in [-0.05, 0) is 26.1 Å². The first-order valence-electron chi connectivity index (χ1n) is 7.30. The van der Waals surface area contributed by atoms with E-state index in [1.807, 2.05) is 25.4 Å². The second-order valence-electron chi connectivity index (χ2n) is 5.20. The molecule has 1 aliphatic rings. The molecule has 0 radical (unpaired) electrons. The predicted molar refractivity (Wildman–Crippen MR) is 88.3 cm³/mol. The van der Waals surface area contributed by atoms with Gasteiger partial charge in [0.25, 0.3) is 0 Å². The molecule has 0 atom stereocenters. The Hall–Kier alpha value is -1.66. The van der Waals surface area contributed by atoms with Crippen molar-refractivity contribution in [3.63, 3.8) is 0 Å². The number of pyridine rings is 1. The topological polar surface area (TPSA) is 44.3 Å². The molecule has 1 N–H and O–H groups in total. The number of hydrogen-bond donors (Lipinski definition) is 1. The number of hydrogen-bond acceptors (Lipinski definition) is 6. The summed E-state index contributed by atoms with van der Waals surface area (Å²) in [6.07, 6.45) is 1.86. The average molecular weight is 303 g/mol. The smallest absolute Gasteiger partial charge is 0.185 e. The fourth-order valence-corrected chi connectivity index (χ4v) is 3.66. The molecular formula is C15H21N5S. The Morgan fingerprint density at radius 1 is 1.19 bits per heavy atom. The fourth-order valence-electron chi connectivity index (χ4n) is 2.54. The molecule has 5 nitrogen and oxygen atoms in total. The summed E-state index contributed by atoms with van der Waals surface area (Å²) >= 11 is 1.81. The van der Waals surface area contributed by atoms with Crippen molar-refractivity contribution < 1.29 is 0 Å². The van der Waals surface area contributed by atoms with Crippen LogP contribution in [0.4, 0.5) is 10.9 Å². The third-order valence-corrected chi connectivity index (χ3v) is 4.96. The van der Waals surface area contributed by atoms with Crippen LogP contribution in [0.2, 0.25) is 0 Å². The molecule has 1 saturated heterocycles. The third-order valence-electron chi connectivity index (χ3n) is 3.74. The highest BCUT2D eigenvalue weighted by molar-refractivity contribution is 7.15. The van der Waals surface area contributed by atoms with Crippen molar-refractivity contribution in [2.45, 2.75) is 13.5 Å². The number of aryl methyl sites for hydroxylation is 1. The summed E-state index contributed by atoms with van der Waals surface area (Å²) in [7, 11) is 1.98. The highest BCUT2D eigenvalue weighted by atomic mass is 32.1. The lowest BCUT2D eigenvalue weighted by molar-refractivity contribution is 0.646. The lowest BCUT2D eigenvalue weighted by Crippen LogP contribution is -2.46. The molecular weight excluding hydrogens is 282 g/mol. The number of anilines is 2. The van der Waals surface area contributed by atoms with Crippen molar-refractivity contribution in [2.24, 2.45) is 0 Å². The molecule has 6 heteroatoms. The van der Waals surface area contributed by atoms with Gasteiger partial charge in [-0.15, -0.1) is 11.3 Å². The maximum absolute atomic E-state index is 4.72. The van der Waals surface area contributed by atoms with Crippen LogP contribution >= 0.6 is 11.3 Å². The van der Waals surface area contributed by atoms with Crippen LogP contribution in [0.5, 0.6) is 0 Å². The first-order chi connectivity index (χ1) is 10.3. The number of nitrogens with one attached hydrogen (secondary N) is 1. The Kier molecular flexibility index (Phi) is 4.36. The molecule has 0 amide bonds. The van der Waals surface area contributed by atoms with Crippen molar-refractivity contribution in [3.05, 3.63) is 35.0 Å². The second-order valence-corrected chi connectivity index (χ2v) is 6.26. The zero-order valence-electron chi connectivity index (χ0n) is 12.5. The van der Waals surface area contributed by atoms with Crippen LogP contribution in [-0.2, 0) is 6.54 Å². The first-order valence-corrected chi connectivity index (χ1v) is 8.11. The maximum Gasteiger partial charge on any atom is 0.185 e. The minimum atomic E-state index is 0.900. The van der Waals surface area contributed by atoms with Crippen LogP contribution in [0.15, 0.2) is 24.4 Å². The van der Waals surface area contributed by atoms with Gasteiger partial charge in [0.15, 0.2) is 5.13 Å². The maximum atomic E-state index is 4.72. The number of nitrogens with zero attached hydrogens (tertiary/aromatic N) is 4. The second kappa shape index (κ2) is 6.41. The summed E-state index contributed by atoms with van der Waals surface area (Å²) in [6, 6.07) is 6.08. The van der Waals surface area contributed by atoms with Gasteiger partial charge < -0.3 is 15.1 Å². The van der Waals surface area contributed by atoms with E-state index in [4.69, 9.17) is 4.98 Å². The van der Waals surface area contributed by atoms with Crippen molar-refractivity contribution in [1.29, 1.82) is 0 Å². The van der Waals surface area contributed by atoms with Crippen LogP contribution in [0.1, 0.15) is 10.6 Å². The molecule has 0 saturated carbocycles. The van der Waals surface area contributed by atoms with Gasteiger partial charge >= 0.3 is 0 Å². The summed E-state index contributed by atoms with van der Waals surface area (Å²) < 4.78 is 0. The zero-order chi connectivity index (χ0) is 14.7. The monoisotopic (exact) mass is 303 g/mol. The molecule has 1 fully saturated rings. The SMILES string of the molecule is CNCc1sc(N2CCN(c3ccccn3)CC2)nc1C. The van der Waals surface area contributed by atoms with Crippen molar-refractivity contribution in [3.8, 4) is 0 Å². The van der Waals surface area contributed by atoms with Gasteiger partial charge in [-0.3, -0.25) is 0 Å². The Balaban J connectivity index is 1.64. The summed E-state index contributed by atoms with van der Waals surface area (Å²) in [5.41, 5.74) is 1.15. The molecule has 0 bridgehead atoms. The van der Waals surface area contributed by atoms with Gasteiger partial charge in [-0.1, -0.05) is 6.07 Å². The molecule has 112 valence electrons. The molecule has 21 heavy (non-hydrogen) atoms. The minimum absolute atomic E-state index is 0.900. The highest BCUT2D eigenvalue weighted by Gasteiger charge is 2.21. The number of rotatable bonds is 4. The highest BCUT2D eigenvalue weighted by Crippen LogP contribution is 2.27. The summed E-state index contributed by atoms with van der Waals surface area (Å²) in [4.78, 5) is 15.2. The Bertz CT molecular complexity index is 575. The van der Waals surface area contributed by atoms with E-state index < -0.39 is 0 Å². The molecule has 0 spiro atoms. The van der Waals surface area contributed by atoms with Gasteiger partial charge in [0.05, 0.1) is 5.69 Å². The van der Waals surface area contributed by atoms with Crippen molar-refractivity contribution >= 4 is 22.3 Å². The van der Waals surface area contributed by atoms with E-state index in [-0.39, 0.29) is 0 Å². The van der Waals surface area contributed by atoms with E-state index >= 15 is 0 Å². The molecule has 2 aromatic heterocycles. The van der Waals surface area contributed by atoms with Crippen LogP contribution in [0.3, 0.4) is 0 Å². The third kappa shape index (κ3) is 3.16. The van der Waals surface area contributed by atoms with Gasteiger partial charge in [-0.25, -0.2) is 9.97 Å². The lowest BCUT2D eigenvalue weighted by atomic mass is 10.3. The summed E-state index contributed by atoms with van der Waals surface area (Å²) in [6.45, 7) is 6.99. The zero-order valence-corrected chi connectivity index (χ0v) is 13.4. The standard InChI is InChI=1S/C15H21N5S/c1-12-13(11-16-2)21-15(18-12)20-9-7-19(8-10-20)14-5-3-4-6-17-14/h3-6,16H,7-11H2,1-2H3. The Labute approximate surface area is 129 Å². The number of aromatic nitrogens is 2. The molecule has 1 aliphatic heterocycles. The van der Waals surface area contributed by atoms with E-state index in [1.165, 1.54) is 4.88 Å². The summed E-state index contributed by atoms with van der Waals surface area (Å²) in [5, 5.41) is 4.36. The van der Waals surface area contributed by atoms with E-state index in [1.54, 1.807) is 11.3 Å². The van der Waals surface area contributed by atoms with Crippen LogP contribution in [0, 0.1) is 6.92 Å². The Morgan fingerprint density at radius 3 is 2.62 bits per heavy atom. The molecule has 0 aromatic carbocycles. The van der Waals surface area contributed by atoms with E-state index in [2.05, 4.69) is 33.1 Å². The lowest BCUT2D eigenvalue weighted by Gasteiger charge is -2.35. The van der Waals surface area contributed by atoms with Gasteiger partial charge in [0.1, 0.15) is 5.82 Å². The van der Waals surface area contributed by atoms with E-state index in [9.17, 15) is 0 Å². The van der Waals surface area contributed by atoms with Crippen molar-refractivity contribution in [2.75, 3.05) is 43.0 Å². The molecule has 3 heterocycles. The van der Waals surface area contributed by atoms with Gasteiger partial charge in [0, 0.05) is 43.8 Å².